The molecule has 0 aromatic heterocycles. The van der Waals surface area contributed by atoms with E-state index in [2.05, 4.69) is 22.9 Å². The van der Waals surface area contributed by atoms with Gasteiger partial charge in [0, 0.05) is 6.20 Å². The second-order valence-electron chi connectivity index (χ2n) is 1.28. The Balaban J connectivity index is 2.60. The van der Waals surface area contributed by atoms with Crippen molar-refractivity contribution in [2.24, 2.45) is 5.73 Å². The molecule has 1 aliphatic heterocycles. The van der Waals surface area contributed by atoms with Crippen molar-refractivity contribution in [2.75, 3.05) is 0 Å². The predicted molar refractivity (Wildman–Crippen MR) is 38.4 cm³/mol. The van der Waals surface area contributed by atoms with Gasteiger partial charge in [-0.15, -0.1) is 0 Å². The van der Waals surface area contributed by atoms with Crippen LogP contribution in [-0.4, -0.2) is 3.11 Å². The Kier molecular flexibility index (Phi) is 1.62. The first-order valence-corrected chi connectivity index (χ1v) is 3.00. The van der Waals surface area contributed by atoms with Gasteiger partial charge in [-0.2, -0.15) is 0 Å². The van der Waals surface area contributed by atoms with Crippen molar-refractivity contribution >= 4 is 22.9 Å². The lowest BCUT2D eigenvalue weighted by Crippen LogP contribution is -2.07. The minimum atomic E-state index is 0.418. The first-order chi connectivity index (χ1) is 3.79. The van der Waals surface area contributed by atoms with E-state index in [1.807, 2.05) is 0 Å². The Morgan fingerprint density at radius 1 is 1.75 bits per heavy atom. The molecule has 0 spiro atoms. The van der Waals surface area contributed by atoms with E-state index in [0.29, 0.717) is 5.88 Å². The van der Waals surface area contributed by atoms with Crippen LogP contribution in [0.5, 0.6) is 0 Å². The van der Waals surface area contributed by atoms with Crippen LogP contribution in [0.3, 0.4) is 0 Å². The Morgan fingerprint density at radius 2 is 2.50 bits per heavy atom. The molecule has 0 unspecified atom stereocenters. The first-order valence-electron chi connectivity index (χ1n) is 2.04. The highest BCUT2D eigenvalue weighted by Crippen LogP contribution is 2.08. The molecular formula is C4H5IN2O. The molecular weight excluding hydrogens is 219 g/mol. The van der Waals surface area contributed by atoms with Crippen LogP contribution in [0.25, 0.3) is 0 Å². The van der Waals surface area contributed by atoms with E-state index in [0.717, 1.165) is 0 Å². The van der Waals surface area contributed by atoms with Crippen molar-refractivity contribution in [3.8, 4) is 0 Å². The molecule has 0 aromatic carbocycles. The molecule has 1 rings (SSSR count). The quantitative estimate of drug-likeness (QED) is 0.490. The van der Waals surface area contributed by atoms with Gasteiger partial charge in [-0.1, -0.05) is 0 Å². The lowest BCUT2D eigenvalue weighted by molar-refractivity contribution is 0.325. The summed E-state index contributed by atoms with van der Waals surface area (Å²) in [5, 5.41) is 0. The van der Waals surface area contributed by atoms with E-state index in [1.165, 1.54) is 6.26 Å². The third-order valence-electron chi connectivity index (χ3n) is 0.658. The molecule has 0 saturated carbocycles. The summed E-state index contributed by atoms with van der Waals surface area (Å²) in [7, 11) is 0. The van der Waals surface area contributed by atoms with Crippen LogP contribution in [0.15, 0.2) is 24.5 Å². The molecule has 0 bridgehead atoms. The van der Waals surface area contributed by atoms with Gasteiger partial charge in [0.2, 0.25) is 5.88 Å². The standard InChI is InChI=1S/C4H5IN2O/c5-7-1-2-8-4(6)3-7/h1-3H,6H2. The van der Waals surface area contributed by atoms with Crippen molar-refractivity contribution in [3.05, 3.63) is 24.5 Å². The predicted octanol–water partition coefficient (Wildman–Crippen LogP) is 0.897. The Bertz CT molecular complexity index is 143. The van der Waals surface area contributed by atoms with Crippen LogP contribution in [0, 0.1) is 0 Å². The second-order valence-corrected chi connectivity index (χ2v) is 2.39. The largest absolute Gasteiger partial charge is 0.446 e. The van der Waals surface area contributed by atoms with Crippen LogP contribution in [0.4, 0.5) is 0 Å². The van der Waals surface area contributed by atoms with Gasteiger partial charge in [0.15, 0.2) is 0 Å². The number of nitrogens with zero attached hydrogens (tertiary/aromatic N) is 1. The van der Waals surface area contributed by atoms with Gasteiger partial charge in [0.05, 0.1) is 29.1 Å². The number of halogens is 1. The van der Waals surface area contributed by atoms with Gasteiger partial charge < -0.3 is 10.5 Å². The molecule has 1 heterocycles. The normalized spacial score (nSPS) is 17.6. The van der Waals surface area contributed by atoms with Gasteiger partial charge in [-0.3, -0.25) is 3.11 Å². The number of hydrogen-bond donors (Lipinski definition) is 1. The fourth-order valence-corrected chi connectivity index (χ4v) is 0.768. The summed E-state index contributed by atoms with van der Waals surface area (Å²) in [5.74, 6) is 0.418. The number of rotatable bonds is 0. The van der Waals surface area contributed by atoms with Crippen molar-refractivity contribution in [3.63, 3.8) is 0 Å². The average molecular weight is 224 g/mol. The van der Waals surface area contributed by atoms with E-state index in [4.69, 9.17) is 10.5 Å². The van der Waals surface area contributed by atoms with Gasteiger partial charge in [-0.05, 0) is 0 Å². The molecule has 44 valence electrons. The summed E-state index contributed by atoms with van der Waals surface area (Å²) in [6.07, 6.45) is 4.97. The molecule has 0 aromatic rings. The monoisotopic (exact) mass is 224 g/mol. The molecule has 4 heteroatoms. The molecule has 1 aliphatic rings. The van der Waals surface area contributed by atoms with E-state index in [1.54, 1.807) is 15.5 Å². The van der Waals surface area contributed by atoms with Crippen LogP contribution in [-0.2, 0) is 4.74 Å². The van der Waals surface area contributed by atoms with Crippen molar-refractivity contribution in [2.45, 2.75) is 0 Å². The topological polar surface area (TPSA) is 38.5 Å². The molecule has 0 saturated heterocycles. The van der Waals surface area contributed by atoms with E-state index < -0.39 is 0 Å². The molecule has 3 nitrogen and oxygen atoms in total. The summed E-state index contributed by atoms with van der Waals surface area (Å²) in [6, 6.07) is 0. The summed E-state index contributed by atoms with van der Waals surface area (Å²) in [4.78, 5) is 0. The summed E-state index contributed by atoms with van der Waals surface area (Å²) >= 11 is 2.08. The smallest absolute Gasteiger partial charge is 0.207 e. The Morgan fingerprint density at radius 3 is 2.88 bits per heavy atom. The van der Waals surface area contributed by atoms with E-state index >= 15 is 0 Å². The molecule has 0 radical (unpaired) electrons. The van der Waals surface area contributed by atoms with Gasteiger partial charge >= 0.3 is 0 Å². The molecule has 2 N–H and O–H groups in total. The number of hydrogen-bond acceptors (Lipinski definition) is 3. The third-order valence-corrected chi connectivity index (χ3v) is 1.26. The van der Waals surface area contributed by atoms with Gasteiger partial charge in [0.1, 0.15) is 6.26 Å². The zero-order valence-corrected chi connectivity index (χ0v) is 6.20. The maximum absolute atomic E-state index is 5.27. The maximum atomic E-state index is 5.27. The average Bonchev–Trinajstić information content (AvgIpc) is 1.64. The van der Waals surface area contributed by atoms with Crippen LogP contribution >= 0.6 is 22.9 Å². The Hall–Kier alpha value is -0.390. The van der Waals surface area contributed by atoms with Crippen LogP contribution in [0.1, 0.15) is 0 Å². The third kappa shape index (κ3) is 1.29. The van der Waals surface area contributed by atoms with Gasteiger partial charge in [-0.25, -0.2) is 0 Å². The highest BCUT2D eigenvalue weighted by Gasteiger charge is 1.96. The lowest BCUT2D eigenvalue weighted by atomic mass is 10.7. The summed E-state index contributed by atoms with van der Waals surface area (Å²) in [6.45, 7) is 0. The maximum Gasteiger partial charge on any atom is 0.207 e. The SMILES string of the molecule is NC1=CN(I)C=CO1. The number of nitrogens with two attached hydrogens (primary N) is 1. The minimum Gasteiger partial charge on any atom is -0.446 e. The zero-order valence-electron chi connectivity index (χ0n) is 4.04. The first kappa shape index (κ1) is 5.74. The molecule has 0 amide bonds. The van der Waals surface area contributed by atoms with Crippen molar-refractivity contribution in [1.82, 2.24) is 3.11 Å². The summed E-state index contributed by atoms with van der Waals surface area (Å²) < 4.78 is 6.55. The second kappa shape index (κ2) is 2.25. The molecule has 0 aliphatic carbocycles. The molecule has 0 fully saturated rings. The molecule has 8 heavy (non-hydrogen) atoms. The highest BCUT2D eigenvalue weighted by molar-refractivity contribution is 14.1. The zero-order chi connectivity index (χ0) is 5.98. The minimum absolute atomic E-state index is 0.418. The Labute approximate surface area is 61.3 Å². The summed E-state index contributed by atoms with van der Waals surface area (Å²) in [5.41, 5.74) is 5.27. The van der Waals surface area contributed by atoms with E-state index in [-0.39, 0.29) is 0 Å². The molecule has 0 atom stereocenters. The van der Waals surface area contributed by atoms with Gasteiger partial charge in [0.25, 0.3) is 0 Å². The fraction of sp³-hybridized carbons (Fsp3) is 0. The van der Waals surface area contributed by atoms with Crippen molar-refractivity contribution < 1.29 is 4.74 Å². The van der Waals surface area contributed by atoms with Crippen LogP contribution in [0.2, 0.25) is 0 Å². The highest BCUT2D eigenvalue weighted by atomic mass is 127. The fourth-order valence-electron chi connectivity index (χ4n) is 0.362. The lowest BCUT2D eigenvalue weighted by Gasteiger charge is -2.10. The number of ether oxygens (including phenoxy) is 1. The van der Waals surface area contributed by atoms with Crippen LogP contribution < -0.4 is 5.73 Å². The van der Waals surface area contributed by atoms with E-state index in [9.17, 15) is 0 Å². The van der Waals surface area contributed by atoms with Crippen molar-refractivity contribution in [1.29, 1.82) is 0 Å².